The van der Waals surface area contributed by atoms with Crippen LogP contribution in [0.3, 0.4) is 0 Å². The van der Waals surface area contributed by atoms with Crippen molar-refractivity contribution < 1.29 is 70.4 Å². The Morgan fingerprint density at radius 2 is 0.897 bits per heavy atom. The van der Waals surface area contributed by atoms with E-state index in [4.69, 9.17) is 51.3 Å². The molecule has 21 nitrogen and oxygen atoms in total. The van der Waals surface area contributed by atoms with Crippen LogP contribution in [0.15, 0.2) is 20.5 Å². The van der Waals surface area contributed by atoms with Gasteiger partial charge in [-0.2, -0.15) is 9.59 Å². The van der Waals surface area contributed by atoms with Crippen LogP contribution in [0.5, 0.6) is 0 Å². The molecule has 0 rings (SSSR count). The standard InChI is InChI=1S/C3H5NO4.2C2H2N2O4.CO2.H2N2.H2/c5-2(6)1-4-3(7)8;2*5-1(6)3-4-2(7)8;2-1-3;1-2;/h4H,1H2,(H,5,6)(H,7,8);2*(H,5,6)(H,7,8);;1-2H;1H. The number of aliphatic carboxylic acids is 1. The maximum absolute atomic E-state index is 9.58. The fourth-order valence-corrected chi connectivity index (χ4v) is 0.322. The lowest BCUT2D eigenvalue weighted by atomic mass is 10.7. The molecular weight excluding hydrogens is 418 g/mol. The molecule has 0 aliphatic heterocycles. The molecule has 0 saturated carbocycles. The number of hydrogen-bond donors (Lipinski definition) is 9. The highest BCUT2D eigenvalue weighted by Crippen LogP contribution is 1.77. The first-order chi connectivity index (χ1) is 13.3. The van der Waals surface area contributed by atoms with Crippen LogP contribution in [-0.2, 0) is 14.4 Å². The van der Waals surface area contributed by atoms with Crippen LogP contribution in [0, 0.1) is 11.1 Å². The smallest absolute Gasteiger partial charge is 0.450 e. The van der Waals surface area contributed by atoms with Gasteiger partial charge in [-0.15, -0.1) is 0 Å². The minimum absolute atomic E-state index is 0. The zero-order valence-electron chi connectivity index (χ0n) is 13.4. The molecular formula is C8H13N7O14. The predicted molar refractivity (Wildman–Crippen MR) is 78.0 cm³/mol. The maximum atomic E-state index is 9.58. The molecule has 0 atom stereocenters. The molecule has 0 aromatic rings. The monoisotopic (exact) mass is 431 g/mol. The van der Waals surface area contributed by atoms with Gasteiger partial charge in [0.15, 0.2) is 0 Å². The third kappa shape index (κ3) is 103. The number of carboxylic acid groups (broad SMARTS) is 6. The van der Waals surface area contributed by atoms with E-state index in [0.29, 0.717) is 0 Å². The summed E-state index contributed by atoms with van der Waals surface area (Å²) in [5.41, 5.74) is 10.0. The van der Waals surface area contributed by atoms with Crippen molar-refractivity contribution in [2.24, 2.45) is 20.5 Å². The third-order valence-electron chi connectivity index (χ3n) is 0.833. The highest BCUT2D eigenvalue weighted by atomic mass is 16.4. The van der Waals surface area contributed by atoms with E-state index < -0.39 is 43.0 Å². The van der Waals surface area contributed by atoms with Crippen molar-refractivity contribution in [3.63, 3.8) is 0 Å². The van der Waals surface area contributed by atoms with Gasteiger partial charge in [0, 0.05) is 1.43 Å². The average Bonchev–Trinajstić information content (AvgIpc) is 2.60. The molecule has 0 aliphatic rings. The van der Waals surface area contributed by atoms with Gasteiger partial charge >= 0.3 is 42.6 Å². The lowest BCUT2D eigenvalue weighted by molar-refractivity contribution is -0.191. The van der Waals surface area contributed by atoms with Gasteiger partial charge in [0.25, 0.3) is 0 Å². The number of amides is 5. The topological polar surface area (TPSA) is 367 Å². The summed E-state index contributed by atoms with van der Waals surface area (Å²) in [6.07, 6.45) is -7.55. The molecule has 0 spiro atoms. The van der Waals surface area contributed by atoms with Crippen molar-refractivity contribution in [3.05, 3.63) is 0 Å². The van der Waals surface area contributed by atoms with Gasteiger partial charge in [-0.3, -0.25) is 4.79 Å². The van der Waals surface area contributed by atoms with E-state index in [-0.39, 0.29) is 7.58 Å². The number of nitrogens with one attached hydrogen (secondary N) is 3. The molecule has 21 heteroatoms. The van der Waals surface area contributed by atoms with Gasteiger partial charge in [0.05, 0.1) is 0 Å². The molecule has 0 unspecified atom stereocenters. The summed E-state index contributed by atoms with van der Waals surface area (Å²) in [4.78, 5) is 72.9. The molecule has 29 heavy (non-hydrogen) atoms. The Balaban J connectivity index is -0.0000000639. The van der Waals surface area contributed by atoms with Gasteiger partial charge in [-0.25, -0.2) is 35.0 Å². The van der Waals surface area contributed by atoms with Crippen LogP contribution in [-0.4, -0.2) is 79.8 Å². The Kier molecular flexibility index (Phi) is 33.4. The summed E-state index contributed by atoms with van der Waals surface area (Å²) < 4.78 is 0. The van der Waals surface area contributed by atoms with Gasteiger partial charge in [0.1, 0.15) is 6.54 Å². The minimum atomic E-state index is -1.62. The molecule has 0 aromatic carbocycles. The second-order valence-corrected chi connectivity index (χ2v) is 2.67. The summed E-state index contributed by atoms with van der Waals surface area (Å²) in [5.74, 6) is -1.19. The van der Waals surface area contributed by atoms with E-state index in [1.807, 2.05) is 0 Å². The van der Waals surface area contributed by atoms with Crippen molar-refractivity contribution in [2.75, 3.05) is 6.54 Å². The number of hydrogen-bond acceptors (Lipinski definition) is 10. The van der Waals surface area contributed by atoms with Crippen LogP contribution < -0.4 is 5.32 Å². The van der Waals surface area contributed by atoms with E-state index in [1.165, 1.54) is 0 Å². The fraction of sp³-hybridized carbons (Fsp3) is 0.125. The summed E-state index contributed by atoms with van der Waals surface area (Å²) in [6.45, 7) is -0.546. The molecule has 0 heterocycles. The predicted octanol–water partition coefficient (Wildman–Crippen LogP) is 1.19. The van der Waals surface area contributed by atoms with E-state index >= 15 is 0 Å². The van der Waals surface area contributed by atoms with E-state index in [1.54, 1.807) is 5.32 Å². The summed E-state index contributed by atoms with van der Waals surface area (Å²) in [6, 6.07) is 0. The van der Waals surface area contributed by atoms with Crippen molar-refractivity contribution in [1.29, 1.82) is 11.1 Å². The molecule has 0 bridgehead atoms. The normalized spacial score (nSPS) is 7.86. The lowest BCUT2D eigenvalue weighted by Crippen LogP contribution is -2.27. The van der Waals surface area contributed by atoms with Crippen molar-refractivity contribution in [2.45, 2.75) is 0 Å². The SMILES string of the molecule is N=N.O=C(O)CNC(=O)O.O=C(O)N=NC(=O)O.O=C(O)N=NC(=O)O.O=C=O.[HH]. The molecule has 0 radical (unpaired) electrons. The van der Waals surface area contributed by atoms with Crippen molar-refractivity contribution in [3.8, 4) is 0 Å². The van der Waals surface area contributed by atoms with Crippen LogP contribution >= 0.6 is 0 Å². The van der Waals surface area contributed by atoms with Crippen LogP contribution in [0.2, 0.25) is 0 Å². The number of azo groups is 2. The summed E-state index contributed by atoms with van der Waals surface area (Å²) in [5, 5.41) is 56.9. The summed E-state index contributed by atoms with van der Waals surface area (Å²) in [7, 11) is 0. The van der Waals surface area contributed by atoms with Gasteiger partial charge < -0.3 is 36.0 Å². The molecule has 0 aliphatic carbocycles. The Labute approximate surface area is 157 Å². The van der Waals surface area contributed by atoms with Crippen LogP contribution in [0.4, 0.5) is 24.0 Å². The first kappa shape index (κ1) is 35.0. The van der Waals surface area contributed by atoms with Crippen LogP contribution in [0.25, 0.3) is 0 Å². The quantitative estimate of drug-likeness (QED) is 0.277. The Bertz CT molecular complexity index is 564. The van der Waals surface area contributed by atoms with E-state index in [0.717, 1.165) is 0 Å². The maximum Gasteiger partial charge on any atom is 0.450 e. The van der Waals surface area contributed by atoms with Gasteiger partial charge in [-0.05, 0) is 0 Å². The Morgan fingerprint density at radius 3 is 0.966 bits per heavy atom. The number of carboxylic acids is 1. The molecule has 0 saturated heterocycles. The largest absolute Gasteiger partial charge is 0.480 e. The van der Waals surface area contributed by atoms with Crippen LogP contribution in [0.1, 0.15) is 1.43 Å². The fourth-order valence-electron chi connectivity index (χ4n) is 0.322. The highest BCUT2D eigenvalue weighted by Gasteiger charge is 1.97. The number of nitrogens with zero attached hydrogens (tertiary/aromatic N) is 4. The Hall–Kier alpha value is -5.20. The first-order valence-corrected chi connectivity index (χ1v) is 5.48. The number of carbonyl (C=O) groups excluding carboxylic acids is 2. The Morgan fingerprint density at radius 1 is 0.690 bits per heavy atom. The molecule has 5 amide bonds. The van der Waals surface area contributed by atoms with Gasteiger partial charge in [-0.1, -0.05) is 20.5 Å². The highest BCUT2D eigenvalue weighted by molar-refractivity contribution is 5.75. The number of rotatable bonds is 2. The molecule has 0 fully saturated rings. The lowest BCUT2D eigenvalue weighted by Gasteiger charge is -1.90. The first-order valence-electron chi connectivity index (χ1n) is 5.48. The second kappa shape index (κ2) is 27.6. The second-order valence-electron chi connectivity index (χ2n) is 2.67. The molecule has 0 aromatic heterocycles. The van der Waals surface area contributed by atoms with E-state index in [9.17, 15) is 28.8 Å². The van der Waals surface area contributed by atoms with E-state index in [2.05, 4.69) is 20.5 Å². The zero-order valence-corrected chi connectivity index (χ0v) is 13.4. The number of carbonyl (C=O) groups is 6. The average molecular weight is 431 g/mol. The molecule has 9 N–H and O–H groups in total. The van der Waals surface area contributed by atoms with Gasteiger partial charge in [0.2, 0.25) is 0 Å². The minimum Gasteiger partial charge on any atom is -0.480 e. The third-order valence-corrected chi connectivity index (χ3v) is 0.833. The van der Waals surface area contributed by atoms with Crippen molar-refractivity contribution >= 4 is 42.6 Å². The zero-order chi connectivity index (χ0) is 24.4. The molecule has 164 valence electrons. The summed E-state index contributed by atoms with van der Waals surface area (Å²) >= 11 is 0. The van der Waals surface area contributed by atoms with Crippen molar-refractivity contribution in [1.82, 2.24) is 5.32 Å².